The molecule has 0 aliphatic carbocycles. The van der Waals surface area contributed by atoms with Gasteiger partial charge in [0.25, 0.3) is 0 Å². The lowest BCUT2D eigenvalue weighted by molar-refractivity contribution is -0.132. The molecule has 1 rings (SSSR count). The fourth-order valence-electron chi connectivity index (χ4n) is 1.72. The predicted octanol–water partition coefficient (Wildman–Crippen LogP) is 1.07. The van der Waals surface area contributed by atoms with E-state index in [-0.39, 0.29) is 18.5 Å². The zero-order valence-corrected chi connectivity index (χ0v) is 8.71. The second kappa shape index (κ2) is 5.29. The van der Waals surface area contributed by atoms with Crippen molar-refractivity contribution in [3.63, 3.8) is 0 Å². The molecule has 4 heteroatoms. The van der Waals surface area contributed by atoms with Crippen LogP contribution >= 0.6 is 0 Å². The number of hydrogen-bond acceptors (Lipinski definition) is 2. The quantitative estimate of drug-likeness (QED) is 0.728. The second-order valence-corrected chi connectivity index (χ2v) is 4.11. The average molecular weight is 202 g/mol. The van der Waals surface area contributed by atoms with Gasteiger partial charge in [0.2, 0.25) is 5.91 Å². The van der Waals surface area contributed by atoms with Crippen LogP contribution in [0.15, 0.2) is 0 Å². The van der Waals surface area contributed by atoms with Gasteiger partial charge in [-0.05, 0) is 26.2 Å². The van der Waals surface area contributed by atoms with Crippen molar-refractivity contribution < 1.29 is 9.18 Å². The van der Waals surface area contributed by atoms with Crippen LogP contribution in [0.1, 0.15) is 32.6 Å². The Morgan fingerprint density at radius 3 is 3.00 bits per heavy atom. The maximum absolute atomic E-state index is 13.2. The molecule has 1 aliphatic rings. The zero-order chi connectivity index (χ0) is 10.6. The third-order valence-corrected chi connectivity index (χ3v) is 2.46. The van der Waals surface area contributed by atoms with E-state index in [4.69, 9.17) is 5.73 Å². The summed E-state index contributed by atoms with van der Waals surface area (Å²) in [5.41, 5.74) is 5.53. The number of carbonyl (C=O) groups is 1. The molecule has 1 amide bonds. The van der Waals surface area contributed by atoms with Gasteiger partial charge in [0.15, 0.2) is 0 Å². The van der Waals surface area contributed by atoms with Crippen LogP contribution in [0.4, 0.5) is 4.39 Å². The first-order valence-corrected chi connectivity index (χ1v) is 5.27. The Hall–Kier alpha value is -0.640. The molecule has 0 saturated carbocycles. The topological polar surface area (TPSA) is 46.3 Å². The van der Waals surface area contributed by atoms with E-state index in [1.807, 2.05) is 0 Å². The van der Waals surface area contributed by atoms with Crippen molar-refractivity contribution in [2.45, 2.75) is 44.8 Å². The predicted molar refractivity (Wildman–Crippen MR) is 53.6 cm³/mol. The van der Waals surface area contributed by atoms with Crippen LogP contribution in [0.25, 0.3) is 0 Å². The number of rotatable bonds is 2. The van der Waals surface area contributed by atoms with Gasteiger partial charge in [0.05, 0.1) is 6.54 Å². The van der Waals surface area contributed by atoms with E-state index in [9.17, 15) is 9.18 Å². The lowest BCUT2D eigenvalue weighted by Gasteiger charge is -2.22. The summed E-state index contributed by atoms with van der Waals surface area (Å²) < 4.78 is 13.2. The van der Waals surface area contributed by atoms with E-state index in [0.29, 0.717) is 19.4 Å². The molecule has 0 bridgehead atoms. The van der Waals surface area contributed by atoms with Gasteiger partial charge in [-0.25, -0.2) is 4.39 Å². The molecule has 82 valence electrons. The molecule has 0 spiro atoms. The van der Waals surface area contributed by atoms with Gasteiger partial charge in [-0.15, -0.1) is 0 Å². The van der Waals surface area contributed by atoms with Crippen molar-refractivity contribution >= 4 is 5.91 Å². The number of nitrogens with two attached hydrogens (primary N) is 1. The molecule has 2 atom stereocenters. The molecule has 1 heterocycles. The van der Waals surface area contributed by atoms with Crippen molar-refractivity contribution in [1.82, 2.24) is 4.90 Å². The van der Waals surface area contributed by atoms with Crippen molar-refractivity contribution in [2.24, 2.45) is 5.73 Å². The van der Waals surface area contributed by atoms with Crippen LogP contribution in [0.2, 0.25) is 0 Å². The minimum absolute atomic E-state index is 0.00968. The minimum atomic E-state index is -0.852. The van der Waals surface area contributed by atoms with E-state index in [1.54, 1.807) is 11.8 Å². The summed E-state index contributed by atoms with van der Waals surface area (Å²) in [6.45, 7) is 2.74. The Bertz CT molecular complexity index is 197. The molecule has 1 saturated heterocycles. The van der Waals surface area contributed by atoms with Crippen LogP contribution in [0.5, 0.6) is 0 Å². The molecule has 14 heavy (non-hydrogen) atoms. The van der Waals surface area contributed by atoms with Crippen LogP contribution in [-0.4, -0.2) is 36.1 Å². The van der Waals surface area contributed by atoms with Crippen LogP contribution in [0, 0.1) is 0 Å². The molecule has 2 unspecified atom stereocenters. The van der Waals surface area contributed by atoms with E-state index in [2.05, 4.69) is 0 Å². The highest BCUT2D eigenvalue weighted by atomic mass is 19.1. The summed E-state index contributed by atoms with van der Waals surface area (Å²) in [4.78, 5) is 13.2. The molecule has 2 N–H and O–H groups in total. The lowest BCUT2D eigenvalue weighted by Crippen LogP contribution is -2.38. The van der Waals surface area contributed by atoms with Gasteiger partial charge in [-0.1, -0.05) is 0 Å². The van der Waals surface area contributed by atoms with Gasteiger partial charge < -0.3 is 10.6 Å². The third kappa shape index (κ3) is 3.62. The number of carbonyl (C=O) groups excluding carboxylic acids is 1. The number of alkyl halides is 1. The smallest absolute Gasteiger partial charge is 0.224 e. The maximum atomic E-state index is 13.2. The highest BCUT2D eigenvalue weighted by Crippen LogP contribution is 2.14. The molecule has 0 radical (unpaired) electrons. The fraction of sp³-hybridized carbons (Fsp3) is 0.900. The first-order valence-electron chi connectivity index (χ1n) is 5.27. The Kier molecular flexibility index (Phi) is 4.32. The second-order valence-electron chi connectivity index (χ2n) is 4.11. The van der Waals surface area contributed by atoms with Crippen molar-refractivity contribution in [1.29, 1.82) is 0 Å². The van der Waals surface area contributed by atoms with Crippen molar-refractivity contribution in [3.8, 4) is 0 Å². The summed E-state index contributed by atoms with van der Waals surface area (Å²) in [6.07, 6.45) is 1.85. The first kappa shape index (κ1) is 11.4. The van der Waals surface area contributed by atoms with E-state index < -0.39 is 6.17 Å². The summed E-state index contributed by atoms with van der Waals surface area (Å²) in [7, 11) is 0. The van der Waals surface area contributed by atoms with E-state index >= 15 is 0 Å². The average Bonchev–Trinajstić information content (AvgIpc) is 2.28. The molecule has 1 fully saturated rings. The summed E-state index contributed by atoms with van der Waals surface area (Å²) in [5.74, 6) is -0.00968. The monoisotopic (exact) mass is 202 g/mol. The summed E-state index contributed by atoms with van der Waals surface area (Å²) >= 11 is 0. The van der Waals surface area contributed by atoms with Gasteiger partial charge in [-0.2, -0.15) is 0 Å². The standard InChI is InChI=1S/C10H19FN2O/c1-8(12)6-10(14)13-5-3-2-4-9(11)7-13/h8-9H,2-7,12H2,1H3. The molecule has 0 aromatic heterocycles. The molecule has 0 aromatic rings. The van der Waals surface area contributed by atoms with Gasteiger partial charge in [-0.3, -0.25) is 4.79 Å². The largest absolute Gasteiger partial charge is 0.340 e. The zero-order valence-electron chi connectivity index (χ0n) is 8.71. The number of nitrogens with zero attached hydrogens (tertiary/aromatic N) is 1. The third-order valence-electron chi connectivity index (χ3n) is 2.46. The lowest BCUT2D eigenvalue weighted by atomic mass is 10.2. The normalized spacial score (nSPS) is 25.6. The SMILES string of the molecule is CC(N)CC(=O)N1CCCCC(F)C1. The highest BCUT2D eigenvalue weighted by molar-refractivity contribution is 5.76. The molecular formula is C10H19FN2O. The van der Waals surface area contributed by atoms with E-state index in [0.717, 1.165) is 12.8 Å². The van der Waals surface area contributed by atoms with Gasteiger partial charge in [0.1, 0.15) is 6.17 Å². The number of hydrogen-bond donors (Lipinski definition) is 1. The van der Waals surface area contributed by atoms with Crippen LogP contribution in [0.3, 0.4) is 0 Å². The Labute approximate surface area is 84.4 Å². The van der Waals surface area contributed by atoms with E-state index in [1.165, 1.54) is 0 Å². The Balaban J connectivity index is 2.44. The van der Waals surface area contributed by atoms with Crippen LogP contribution < -0.4 is 5.73 Å². The number of likely N-dealkylation sites (tertiary alicyclic amines) is 1. The summed E-state index contributed by atoms with van der Waals surface area (Å²) in [5, 5.41) is 0. The molecule has 1 aliphatic heterocycles. The van der Waals surface area contributed by atoms with Gasteiger partial charge >= 0.3 is 0 Å². The minimum Gasteiger partial charge on any atom is -0.340 e. The van der Waals surface area contributed by atoms with Crippen molar-refractivity contribution in [3.05, 3.63) is 0 Å². The Morgan fingerprint density at radius 1 is 1.64 bits per heavy atom. The highest BCUT2D eigenvalue weighted by Gasteiger charge is 2.21. The number of amides is 1. The molecule has 0 aromatic carbocycles. The summed E-state index contributed by atoms with van der Waals surface area (Å²) in [6, 6.07) is -0.135. The van der Waals surface area contributed by atoms with Crippen molar-refractivity contribution in [2.75, 3.05) is 13.1 Å². The van der Waals surface area contributed by atoms with Gasteiger partial charge in [0, 0.05) is 19.0 Å². The van der Waals surface area contributed by atoms with Crippen LogP contribution in [-0.2, 0) is 4.79 Å². The maximum Gasteiger partial charge on any atom is 0.224 e. The first-order chi connectivity index (χ1) is 6.59. The fourth-order valence-corrected chi connectivity index (χ4v) is 1.72. The Morgan fingerprint density at radius 2 is 2.36 bits per heavy atom. The molecule has 3 nitrogen and oxygen atoms in total. The molecular weight excluding hydrogens is 183 g/mol. The number of halogens is 1.